The van der Waals surface area contributed by atoms with Gasteiger partial charge < -0.3 is 14.6 Å². The summed E-state index contributed by atoms with van der Waals surface area (Å²) < 4.78 is 8.45. The summed E-state index contributed by atoms with van der Waals surface area (Å²) in [6.45, 7) is 6.20. The van der Waals surface area contributed by atoms with Gasteiger partial charge in [0.25, 0.3) is 0 Å². The minimum Gasteiger partial charge on any atom is -0.493 e. The maximum absolute atomic E-state index is 12.1. The summed E-state index contributed by atoms with van der Waals surface area (Å²) >= 11 is 0. The number of amides is 1. The first-order valence-corrected chi connectivity index (χ1v) is 13.8. The third-order valence-corrected chi connectivity index (χ3v) is 6.71. The third-order valence-electron chi connectivity index (χ3n) is 6.71. The zero-order chi connectivity index (χ0) is 26.4. The van der Waals surface area contributed by atoms with E-state index in [-0.39, 0.29) is 5.91 Å². The molecular weight excluding hydrogens is 470 g/mol. The minimum absolute atomic E-state index is 0.0890. The molecule has 1 heterocycles. The zero-order valence-corrected chi connectivity index (χ0v) is 22.3. The first-order chi connectivity index (χ1) is 18.7. The molecule has 5 nitrogen and oxygen atoms in total. The van der Waals surface area contributed by atoms with Gasteiger partial charge in [0.15, 0.2) is 0 Å². The number of benzene rings is 3. The fourth-order valence-electron chi connectivity index (χ4n) is 4.75. The van der Waals surface area contributed by atoms with Crippen LogP contribution in [0.3, 0.4) is 0 Å². The van der Waals surface area contributed by atoms with Gasteiger partial charge in [-0.15, -0.1) is 6.58 Å². The number of aromatic nitrogens is 2. The van der Waals surface area contributed by atoms with Gasteiger partial charge in [-0.3, -0.25) is 4.79 Å². The van der Waals surface area contributed by atoms with Crippen molar-refractivity contribution in [3.8, 4) is 5.75 Å². The second-order valence-corrected chi connectivity index (χ2v) is 9.65. The van der Waals surface area contributed by atoms with Crippen LogP contribution in [0.1, 0.15) is 49.1 Å². The lowest BCUT2D eigenvalue weighted by molar-refractivity contribution is -0.120. The largest absolute Gasteiger partial charge is 0.493 e. The van der Waals surface area contributed by atoms with Crippen LogP contribution in [0, 0.1) is 0 Å². The Morgan fingerprint density at radius 2 is 1.68 bits per heavy atom. The molecule has 3 aromatic carbocycles. The quantitative estimate of drug-likeness (QED) is 0.135. The molecule has 0 saturated heterocycles. The van der Waals surface area contributed by atoms with E-state index in [2.05, 4.69) is 46.8 Å². The molecule has 0 saturated carbocycles. The van der Waals surface area contributed by atoms with E-state index >= 15 is 0 Å². The Morgan fingerprint density at radius 3 is 2.55 bits per heavy atom. The molecule has 0 spiro atoms. The summed E-state index contributed by atoms with van der Waals surface area (Å²) in [5.74, 6) is 2.19. The first-order valence-electron chi connectivity index (χ1n) is 13.8. The van der Waals surface area contributed by atoms with Gasteiger partial charge in [-0.1, -0.05) is 73.2 Å². The highest BCUT2D eigenvalue weighted by molar-refractivity contribution is 5.78. The fraction of sp³-hybridized carbons (Fsp3) is 0.333. The number of hydrogen-bond acceptors (Lipinski definition) is 3. The summed E-state index contributed by atoms with van der Waals surface area (Å²) in [5, 5.41) is 3.05. The van der Waals surface area contributed by atoms with Gasteiger partial charge >= 0.3 is 0 Å². The summed E-state index contributed by atoms with van der Waals surface area (Å²) in [7, 11) is 0. The Bertz CT molecular complexity index is 1300. The second kappa shape index (κ2) is 14.8. The number of allylic oxidation sites excluding steroid dienone is 1. The minimum atomic E-state index is 0.0890. The predicted octanol–water partition coefficient (Wildman–Crippen LogP) is 6.70. The molecule has 0 unspecified atom stereocenters. The van der Waals surface area contributed by atoms with Crippen LogP contribution >= 0.6 is 0 Å². The van der Waals surface area contributed by atoms with Gasteiger partial charge in [-0.2, -0.15) is 0 Å². The van der Waals surface area contributed by atoms with Gasteiger partial charge in [0.1, 0.15) is 11.6 Å². The average molecular weight is 510 g/mol. The Balaban J connectivity index is 1.20. The molecule has 0 bridgehead atoms. The van der Waals surface area contributed by atoms with Crippen LogP contribution in [-0.4, -0.2) is 28.6 Å². The van der Waals surface area contributed by atoms with Gasteiger partial charge in [-0.05, 0) is 61.4 Å². The number of para-hydroxylation sites is 3. The van der Waals surface area contributed by atoms with E-state index in [1.807, 2.05) is 54.6 Å². The van der Waals surface area contributed by atoms with Crippen molar-refractivity contribution >= 4 is 16.9 Å². The number of unbranched alkanes of at least 4 members (excludes halogenated alkanes) is 3. The van der Waals surface area contributed by atoms with Crippen molar-refractivity contribution in [1.29, 1.82) is 0 Å². The molecule has 0 atom stereocenters. The van der Waals surface area contributed by atoms with Crippen LogP contribution in [0.15, 0.2) is 91.5 Å². The number of rotatable bonds is 16. The molecule has 198 valence electrons. The van der Waals surface area contributed by atoms with Crippen molar-refractivity contribution in [2.24, 2.45) is 0 Å². The average Bonchev–Trinajstić information content (AvgIpc) is 3.29. The molecule has 1 aromatic heterocycles. The third kappa shape index (κ3) is 8.07. The Kier molecular flexibility index (Phi) is 10.6. The summed E-state index contributed by atoms with van der Waals surface area (Å²) in [5.41, 5.74) is 4.49. The molecule has 4 aromatic rings. The number of hydrogen-bond donors (Lipinski definition) is 1. The van der Waals surface area contributed by atoms with Crippen molar-refractivity contribution in [2.75, 3.05) is 13.2 Å². The lowest BCUT2D eigenvalue weighted by Crippen LogP contribution is -2.26. The zero-order valence-electron chi connectivity index (χ0n) is 22.3. The number of ether oxygens (including phenoxy) is 1. The molecule has 0 aliphatic carbocycles. The molecule has 5 heteroatoms. The van der Waals surface area contributed by atoms with E-state index in [1.54, 1.807) is 0 Å². The maximum atomic E-state index is 12.1. The smallest absolute Gasteiger partial charge is 0.224 e. The highest BCUT2D eigenvalue weighted by Gasteiger charge is 2.10. The molecule has 1 N–H and O–H groups in total. The number of carbonyl (C=O) groups excluding carboxylic acids is 1. The standard InChI is InChI=1S/C33H39N3O2/c1-2-15-28-18-8-11-21-31(28)38-25-14-13-24-36-30-20-10-9-19-29(30)35-32(36)22-7-4-12-23-34-33(37)26-27-16-5-3-6-17-27/h2-3,5-6,8-11,16-21H,1,4,7,12-15,22-26H2,(H,34,37). The molecule has 1 amide bonds. The lowest BCUT2D eigenvalue weighted by Gasteiger charge is -2.12. The topological polar surface area (TPSA) is 56.1 Å². The maximum Gasteiger partial charge on any atom is 0.224 e. The molecule has 0 radical (unpaired) electrons. The molecule has 38 heavy (non-hydrogen) atoms. The van der Waals surface area contributed by atoms with Gasteiger partial charge in [0.2, 0.25) is 5.91 Å². The summed E-state index contributed by atoms with van der Waals surface area (Å²) in [4.78, 5) is 17.1. The van der Waals surface area contributed by atoms with E-state index < -0.39 is 0 Å². The van der Waals surface area contributed by atoms with E-state index in [1.165, 1.54) is 11.1 Å². The van der Waals surface area contributed by atoms with Crippen molar-refractivity contribution in [3.05, 3.63) is 108 Å². The van der Waals surface area contributed by atoms with Crippen LogP contribution in [-0.2, 0) is 30.6 Å². The van der Waals surface area contributed by atoms with Crippen LogP contribution in [0.25, 0.3) is 11.0 Å². The number of nitrogens with one attached hydrogen (secondary N) is 1. The fourth-order valence-corrected chi connectivity index (χ4v) is 4.75. The van der Waals surface area contributed by atoms with Gasteiger partial charge in [0.05, 0.1) is 24.1 Å². The van der Waals surface area contributed by atoms with Gasteiger partial charge in [-0.25, -0.2) is 4.98 Å². The predicted molar refractivity (Wildman–Crippen MR) is 156 cm³/mol. The van der Waals surface area contributed by atoms with E-state index in [9.17, 15) is 4.79 Å². The number of fused-ring (bicyclic) bond motifs is 1. The van der Waals surface area contributed by atoms with Crippen LogP contribution in [0.2, 0.25) is 0 Å². The van der Waals surface area contributed by atoms with Crippen molar-refractivity contribution in [1.82, 2.24) is 14.9 Å². The van der Waals surface area contributed by atoms with E-state index in [0.717, 1.165) is 80.7 Å². The number of nitrogens with zero attached hydrogens (tertiary/aromatic N) is 2. The summed E-state index contributed by atoms with van der Waals surface area (Å²) in [6, 6.07) is 26.5. The highest BCUT2D eigenvalue weighted by atomic mass is 16.5. The van der Waals surface area contributed by atoms with Crippen molar-refractivity contribution in [2.45, 2.75) is 57.9 Å². The first kappa shape index (κ1) is 27.2. The number of aryl methyl sites for hydroxylation is 2. The van der Waals surface area contributed by atoms with Crippen LogP contribution in [0.4, 0.5) is 0 Å². The summed E-state index contributed by atoms with van der Waals surface area (Å²) in [6.07, 6.45) is 9.23. The lowest BCUT2D eigenvalue weighted by atomic mass is 10.1. The van der Waals surface area contributed by atoms with Crippen LogP contribution in [0.5, 0.6) is 5.75 Å². The SMILES string of the molecule is C=CCc1ccccc1OCCCCn1c(CCCCCNC(=O)Cc2ccccc2)nc2ccccc21. The number of carbonyl (C=O) groups is 1. The van der Waals surface area contributed by atoms with E-state index in [4.69, 9.17) is 9.72 Å². The van der Waals surface area contributed by atoms with Gasteiger partial charge in [0, 0.05) is 19.5 Å². The highest BCUT2D eigenvalue weighted by Crippen LogP contribution is 2.21. The second-order valence-electron chi connectivity index (χ2n) is 9.65. The van der Waals surface area contributed by atoms with E-state index in [0.29, 0.717) is 13.0 Å². The molecule has 4 rings (SSSR count). The van der Waals surface area contributed by atoms with Crippen LogP contribution < -0.4 is 10.1 Å². The molecule has 0 fully saturated rings. The monoisotopic (exact) mass is 509 g/mol. The van der Waals surface area contributed by atoms with Crippen molar-refractivity contribution < 1.29 is 9.53 Å². The molecular formula is C33H39N3O2. The van der Waals surface area contributed by atoms with Crippen molar-refractivity contribution in [3.63, 3.8) is 0 Å². The molecule has 0 aliphatic rings. The Hall–Kier alpha value is -3.86. The normalized spacial score (nSPS) is 10.9. The Morgan fingerprint density at radius 1 is 0.895 bits per heavy atom. The number of imidazole rings is 1. The molecule has 0 aliphatic heterocycles. The Labute approximate surface area is 226 Å².